The van der Waals surface area contributed by atoms with E-state index in [4.69, 9.17) is 16.3 Å². The second kappa shape index (κ2) is 11.8. The van der Waals surface area contributed by atoms with E-state index in [0.29, 0.717) is 17.2 Å². The molecule has 0 saturated carbocycles. The molecule has 0 amide bonds. The first kappa shape index (κ1) is 24.1. The van der Waals surface area contributed by atoms with Gasteiger partial charge in [0.05, 0.1) is 5.02 Å². The minimum Gasteiger partial charge on any atom is -0.489 e. The first-order valence-corrected chi connectivity index (χ1v) is 10.4. The SMILES string of the molecule is CCCCC(CC)C/N=C/c1ccc(OCc2ccc(OC(F)(F)F)c(Cl)c2)cc1. The maximum Gasteiger partial charge on any atom is 0.573 e. The van der Waals surface area contributed by atoms with Gasteiger partial charge in [-0.1, -0.05) is 50.8 Å². The smallest absolute Gasteiger partial charge is 0.489 e. The summed E-state index contributed by atoms with van der Waals surface area (Å²) in [4.78, 5) is 4.56. The molecule has 7 heteroatoms. The molecule has 0 saturated heterocycles. The van der Waals surface area contributed by atoms with Gasteiger partial charge in [0.15, 0.2) is 0 Å². The van der Waals surface area contributed by atoms with E-state index in [0.717, 1.165) is 18.5 Å². The van der Waals surface area contributed by atoms with Crippen molar-refractivity contribution in [3.8, 4) is 11.5 Å². The van der Waals surface area contributed by atoms with E-state index in [1.807, 2.05) is 30.5 Å². The summed E-state index contributed by atoms with van der Waals surface area (Å²) in [5.74, 6) is 0.841. The number of nitrogens with zero attached hydrogens (tertiary/aromatic N) is 1. The molecule has 0 heterocycles. The molecule has 0 spiro atoms. The number of rotatable bonds is 11. The molecule has 0 bridgehead atoms. The fourth-order valence-corrected chi connectivity index (χ4v) is 3.12. The summed E-state index contributed by atoms with van der Waals surface area (Å²) in [5.41, 5.74) is 1.63. The van der Waals surface area contributed by atoms with E-state index < -0.39 is 12.1 Å². The van der Waals surface area contributed by atoms with Crippen LogP contribution in [-0.4, -0.2) is 19.1 Å². The third kappa shape index (κ3) is 8.66. The van der Waals surface area contributed by atoms with Crippen molar-refractivity contribution >= 4 is 17.8 Å². The molecule has 3 nitrogen and oxygen atoms in total. The quantitative estimate of drug-likeness (QED) is 0.339. The van der Waals surface area contributed by atoms with Crippen LogP contribution < -0.4 is 9.47 Å². The number of aliphatic imine (C=N–C) groups is 1. The minimum atomic E-state index is -4.78. The molecule has 0 aliphatic heterocycles. The van der Waals surface area contributed by atoms with E-state index >= 15 is 0 Å². The van der Waals surface area contributed by atoms with Crippen LogP contribution in [0.15, 0.2) is 47.5 Å². The van der Waals surface area contributed by atoms with Crippen molar-refractivity contribution in [2.75, 3.05) is 6.54 Å². The van der Waals surface area contributed by atoms with E-state index in [2.05, 4.69) is 23.6 Å². The molecule has 0 aliphatic rings. The topological polar surface area (TPSA) is 30.8 Å². The third-order valence-electron chi connectivity index (χ3n) is 4.65. The number of ether oxygens (including phenoxy) is 2. The largest absolute Gasteiger partial charge is 0.573 e. The zero-order chi connectivity index (χ0) is 22.0. The molecule has 0 N–H and O–H groups in total. The fourth-order valence-electron chi connectivity index (χ4n) is 2.88. The normalized spacial score (nSPS) is 12.9. The van der Waals surface area contributed by atoms with Crippen LogP contribution in [0.4, 0.5) is 13.2 Å². The Morgan fingerprint density at radius 1 is 1.10 bits per heavy atom. The van der Waals surface area contributed by atoms with Crippen LogP contribution >= 0.6 is 11.6 Å². The van der Waals surface area contributed by atoms with Gasteiger partial charge in [0.2, 0.25) is 0 Å². The van der Waals surface area contributed by atoms with Crippen molar-refractivity contribution in [1.29, 1.82) is 0 Å². The molecule has 0 radical (unpaired) electrons. The van der Waals surface area contributed by atoms with Crippen molar-refractivity contribution < 1.29 is 22.6 Å². The lowest BCUT2D eigenvalue weighted by molar-refractivity contribution is -0.274. The number of hydrogen-bond acceptors (Lipinski definition) is 3. The van der Waals surface area contributed by atoms with Crippen molar-refractivity contribution in [3.63, 3.8) is 0 Å². The van der Waals surface area contributed by atoms with E-state index in [1.54, 1.807) is 0 Å². The summed E-state index contributed by atoms with van der Waals surface area (Å²) < 4.78 is 46.4. The maximum absolute atomic E-state index is 12.3. The minimum absolute atomic E-state index is 0.121. The number of hydrogen-bond donors (Lipinski definition) is 0. The standard InChI is InChI=1S/C23H27ClF3NO2/c1-3-5-6-17(4-2)14-28-15-18-7-10-20(11-8-18)29-16-19-9-12-22(21(24)13-19)30-23(25,26)27/h7-13,15,17H,3-6,14,16H2,1-2H3/b28-15+. The van der Waals surface area contributed by atoms with Crippen LogP contribution in [0.25, 0.3) is 0 Å². The van der Waals surface area contributed by atoms with Crippen molar-refractivity contribution in [2.45, 2.75) is 52.5 Å². The molecule has 0 fully saturated rings. The molecular formula is C23H27ClF3NO2. The van der Waals surface area contributed by atoms with Crippen molar-refractivity contribution in [1.82, 2.24) is 0 Å². The molecule has 0 aromatic heterocycles. The Bertz CT molecular complexity index is 807. The Hall–Kier alpha value is -2.21. The highest BCUT2D eigenvalue weighted by Gasteiger charge is 2.32. The maximum atomic E-state index is 12.3. The van der Waals surface area contributed by atoms with E-state index in [-0.39, 0.29) is 11.6 Å². The second-order valence-corrected chi connectivity index (χ2v) is 7.49. The lowest BCUT2D eigenvalue weighted by Crippen LogP contribution is -2.17. The Labute approximate surface area is 180 Å². The Kier molecular flexibility index (Phi) is 9.50. The van der Waals surface area contributed by atoms with Gasteiger partial charge in [0, 0.05) is 12.8 Å². The molecule has 2 aromatic rings. The Morgan fingerprint density at radius 3 is 2.43 bits per heavy atom. The van der Waals surface area contributed by atoms with Gasteiger partial charge < -0.3 is 9.47 Å². The van der Waals surface area contributed by atoms with Gasteiger partial charge >= 0.3 is 6.36 Å². The van der Waals surface area contributed by atoms with Gasteiger partial charge in [0.25, 0.3) is 0 Å². The van der Waals surface area contributed by atoms with Gasteiger partial charge in [-0.15, -0.1) is 13.2 Å². The van der Waals surface area contributed by atoms with E-state index in [1.165, 1.54) is 37.5 Å². The number of alkyl halides is 3. The average molecular weight is 442 g/mol. The molecular weight excluding hydrogens is 415 g/mol. The highest BCUT2D eigenvalue weighted by Crippen LogP contribution is 2.31. The number of halogens is 4. The number of unbranched alkanes of at least 4 members (excludes halogenated alkanes) is 1. The Morgan fingerprint density at radius 2 is 1.83 bits per heavy atom. The Balaban J connectivity index is 1.86. The van der Waals surface area contributed by atoms with Gasteiger partial charge in [-0.3, -0.25) is 4.99 Å². The fraction of sp³-hybridized carbons (Fsp3) is 0.435. The predicted octanol–water partition coefficient (Wildman–Crippen LogP) is 7.45. The van der Waals surface area contributed by atoms with Gasteiger partial charge in [-0.05, 0) is 59.9 Å². The second-order valence-electron chi connectivity index (χ2n) is 7.08. The summed E-state index contributed by atoms with van der Waals surface area (Å²) in [6, 6.07) is 11.6. The first-order chi connectivity index (χ1) is 14.3. The lowest BCUT2D eigenvalue weighted by Gasteiger charge is -2.12. The lowest BCUT2D eigenvalue weighted by atomic mass is 10.00. The summed E-state index contributed by atoms with van der Waals surface area (Å²) in [5, 5.41) is -0.121. The zero-order valence-electron chi connectivity index (χ0n) is 17.2. The summed E-state index contributed by atoms with van der Waals surface area (Å²) >= 11 is 5.85. The van der Waals surface area contributed by atoms with Crippen LogP contribution in [0.5, 0.6) is 11.5 Å². The molecule has 1 unspecified atom stereocenters. The molecule has 0 aliphatic carbocycles. The summed E-state index contributed by atoms with van der Waals surface area (Å²) in [7, 11) is 0. The van der Waals surface area contributed by atoms with Crippen LogP contribution in [0, 0.1) is 5.92 Å². The van der Waals surface area contributed by atoms with Gasteiger partial charge in [0.1, 0.15) is 18.1 Å². The zero-order valence-corrected chi connectivity index (χ0v) is 18.0. The first-order valence-electron chi connectivity index (χ1n) is 10.1. The molecule has 2 aromatic carbocycles. The number of benzene rings is 2. The predicted molar refractivity (Wildman–Crippen MR) is 115 cm³/mol. The highest BCUT2D eigenvalue weighted by molar-refractivity contribution is 6.32. The third-order valence-corrected chi connectivity index (χ3v) is 4.95. The highest BCUT2D eigenvalue weighted by atomic mass is 35.5. The van der Waals surface area contributed by atoms with Crippen LogP contribution in [0.2, 0.25) is 5.02 Å². The molecule has 1 atom stereocenters. The van der Waals surface area contributed by atoms with Gasteiger partial charge in [-0.2, -0.15) is 0 Å². The monoisotopic (exact) mass is 441 g/mol. The van der Waals surface area contributed by atoms with Crippen LogP contribution in [0.3, 0.4) is 0 Å². The van der Waals surface area contributed by atoms with Crippen molar-refractivity contribution in [3.05, 3.63) is 58.6 Å². The van der Waals surface area contributed by atoms with E-state index in [9.17, 15) is 13.2 Å². The molecule has 164 valence electrons. The molecule has 2 rings (SSSR count). The summed E-state index contributed by atoms with van der Waals surface area (Å²) in [6.07, 6.45) is 1.89. The molecule has 30 heavy (non-hydrogen) atoms. The summed E-state index contributed by atoms with van der Waals surface area (Å²) in [6.45, 7) is 5.41. The van der Waals surface area contributed by atoms with Crippen LogP contribution in [0.1, 0.15) is 50.7 Å². The van der Waals surface area contributed by atoms with Gasteiger partial charge in [-0.25, -0.2) is 0 Å². The van der Waals surface area contributed by atoms with Crippen LogP contribution in [-0.2, 0) is 6.61 Å². The average Bonchev–Trinajstić information content (AvgIpc) is 2.71. The van der Waals surface area contributed by atoms with Crippen molar-refractivity contribution in [2.24, 2.45) is 10.9 Å².